The van der Waals surface area contributed by atoms with Gasteiger partial charge in [0, 0.05) is 4.88 Å². The molecule has 0 radical (unpaired) electrons. The summed E-state index contributed by atoms with van der Waals surface area (Å²) in [5.41, 5.74) is 0. The molecule has 1 heteroatoms. The van der Waals surface area contributed by atoms with Gasteiger partial charge in [0.2, 0.25) is 0 Å². The van der Waals surface area contributed by atoms with Crippen LogP contribution in [0, 0.1) is 11.8 Å². The van der Waals surface area contributed by atoms with Crippen LogP contribution in [-0.2, 0) is 6.42 Å². The van der Waals surface area contributed by atoms with Gasteiger partial charge in [-0.2, -0.15) is 0 Å². The van der Waals surface area contributed by atoms with Gasteiger partial charge in [0.05, 0.1) is 0 Å². The second-order valence-electron chi connectivity index (χ2n) is 3.50. The highest BCUT2D eigenvalue weighted by Gasteiger charge is 2.07. The van der Waals surface area contributed by atoms with Crippen LogP contribution in [0.1, 0.15) is 25.6 Å². The Morgan fingerprint density at radius 3 is 2.55 bits per heavy atom. The highest BCUT2D eigenvalue weighted by Crippen LogP contribution is 2.19. The summed E-state index contributed by atoms with van der Waals surface area (Å²) in [6, 6.07) is 4.36. The molecule has 0 saturated carbocycles. The van der Waals surface area contributed by atoms with Crippen molar-refractivity contribution in [1.82, 2.24) is 0 Å². The van der Waals surface area contributed by atoms with Gasteiger partial charge in [-0.1, -0.05) is 26.8 Å². The van der Waals surface area contributed by atoms with Crippen LogP contribution in [0.4, 0.5) is 0 Å². The van der Waals surface area contributed by atoms with Crippen molar-refractivity contribution in [3.63, 3.8) is 0 Å². The first-order chi connectivity index (χ1) is 5.20. The first-order valence-corrected chi connectivity index (χ1v) is 5.10. The third-order valence-corrected chi connectivity index (χ3v) is 3.14. The summed E-state index contributed by atoms with van der Waals surface area (Å²) < 4.78 is 0. The summed E-state index contributed by atoms with van der Waals surface area (Å²) in [6.45, 7) is 6.90. The van der Waals surface area contributed by atoms with Crippen LogP contribution in [0.5, 0.6) is 0 Å². The van der Waals surface area contributed by atoms with Crippen LogP contribution >= 0.6 is 11.3 Å². The average Bonchev–Trinajstić information content (AvgIpc) is 2.39. The van der Waals surface area contributed by atoms with E-state index in [1.165, 1.54) is 11.3 Å². The van der Waals surface area contributed by atoms with E-state index in [1.807, 2.05) is 11.3 Å². The molecule has 0 aliphatic carbocycles. The van der Waals surface area contributed by atoms with Crippen molar-refractivity contribution in [2.75, 3.05) is 0 Å². The van der Waals surface area contributed by atoms with Crippen LogP contribution < -0.4 is 0 Å². The van der Waals surface area contributed by atoms with Gasteiger partial charge in [-0.25, -0.2) is 0 Å². The van der Waals surface area contributed by atoms with Crippen molar-refractivity contribution in [2.45, 2.75) is 27.2 Å². The normalized spacial score (nSPS) is 13.8. The van der Waals surface area contributed by atoms with E-state index in [-0.39, 0.29) is 0 Å². The van der Waals surface area contributed by atoms with Crippen molar-refractivity contribution in [2.24, 2.45) is 11.8 Å². The Bertz CT molecular complexity index is 187. The summed E-state index contributed by atoms with van der Waals surface area (Å²) in [5, 5.41) is 2.16. The topological polar surface area (TPSA) is 0 Å². The Morgan fingerprint density at radius 1 is 1.36 bits per heavy atom. The molecule has 1 heterocycles. The first-order valence-electron chi connectivity index (χ1n) is 4.22. The predicted octanol–water partition coefficient (Wildman–Crippen LogP) is 3.58. The third-order valence-electron chi connectivity index (χ3n) is 2.24. The highest BCUT2D eigenvalue weighted by atomic mass is 32.1. The minimum absolute atomic E-state index is 0.803. The van der Waals surface area contributed by atoms with Gasteiger partial charge in [0.1, 0.15) is 0 Å². The fourth-order valence-corrected chi connectivity index (χ4v) is 1.83. The van der Waals surface area contributed by atoms with Gasteiger partial charge in [-0.05, 0) is 29.7 Å². The van der Waals surface area contributed by atoms with E-state index in [1.54, 1.807) is 0 Å². The van der Waals surface area contributed by atoms with Crippen molar-refractivity contribution >= 4 is 11.3 Å². The zero-order valence-electron chi connectivity index (χ0n) is 7.50. The Kier molecular flexibility index (Phi) is 3.13. The van der Waals surface area contributed by atoms with Crippen LogP contribution in [0.3, 0.4) is 0 Å². The summed E-state index contributed by atoms with van der Waals surface area (Å²) >= 11 is 1.87. The largest absolute Gasteiger partial charge is 0.149 e. The van der Waals surface area contributed by atoms with E-state index >= 15 is 0 Å². The Morgan fingerprint density at radius 2 is 2.09 bits per heavy atom. The van der Waals surface area contributed by atoms with Crippen molar-refractivity contribution in [1.29, 1.82) is 0 Å². The van der Waals surface area contributed by atoms with Gasteiger partial charge in [0.25, 0.3) is 0 Å². The molecule has 62 valence electrons. The lowest BCUT2D eigenvalue weighted by molar-refractivity contribution is 0.420. The van der Waals surface area contributed by atoms with Crippen molar-refractivity contribution in [3.05, 3.63) is 22.4 Å². The lowest BCUT2D eigenvalue weighted by atomic mass is 9.94. The molecule has 0 N–H and O–H groups in total. The third kappa shape index (κ3) is 2.66. The van der Waals surface area contributed by atoms with E-state index in [0.29, 0.717) is 0 Å². The summed E-state index contributed by atoms with van der Waals surface area (Å²) in [5.74, 6) is 1.62. The lowest BCUT2D eigenvalue weighted by Crippen LogP contribution is -2.05. The van der Waals surface area contributed by atoms with E-state index in [4.69, 9.17) is 0 Å². The van der Waals surface area contributed by atoms with Crippen LogP contribution in [0.25, 0.3) is 0 Å². The maximum atomic E-state index is 2.32. The van der Waals surface area contributed by atoms with Crippen molar-refractivity contribution < 1.29 is 0 Å². The molecule has 0 unspecified atom stereocenters. The molecule has 11 heavy (non-hydrogen) atoms. The lowest BCUT2D eigenvalue weighted by Gasteiger charge is -2.13. The van der Waals surface area contributed by atoms with E-state index in [9.17, 15) is 0 Å². The monoisotopic (exact) mass is 168 g/mol. The molecule has 0 saturated heterocycles. The molecular formula is C10H16S. The Hall–Kier alpha value is -0.300. The number of hydrogen-bond acceptors (Lipinski definition) is 1. The number of thiophene rings is 1. The molecule has 1 atom stereocenters. The minimum atomic E-state index is 0.803. The van der Waals surface area contributed by atoms with Crippen molar-refractivity contribution in [3.8, 4) is 0 Å². The average molecular weight is 168 g/mol. The molecule has 1 aromatic rings. The quantitative estimate of drug-likeness (QED) is 0.647. The number of rotatable bonds is 3. The fourth-order valence-electron chi connectivity index (χ4n) is 0.982. The molecule has 0 fully saturated rings. The van der Waals surface area contributed by atoms with Crippen LogP contribution in [-0.4, -0.2) is 0 Å². The molecular weight excluding hydrogens is 152 g/mol. The van der Waals surface area contributed by atoms with Gasteiger partial charge >= 0.3 is 0 Å². The van der Waals surface area contributed by atoms with Gasteiger partial charge in [-0.3, -0.25) is 0 Å². The minimum Gasteiger partial charge on any atom is -0.149 e. The first kappa shape index (κ1) is 8.79. The van der Waals surface area contributed by atoms with Gasteiger partial charge < -0.3 is 0 Å². The molecule has 1 rings (SSSR count). The smallest absolute Gasteiger partial charge is 0.00479 e. The van der Waals surface area contributed by atoms with Crippen LogP contribution in [0.15, 0.2) is 17.5 Å². The molecule has 1 aromatic heterocycles. The highest BCUT2D eigenvalue weighted by molar-refractivity contribution is 7.09. The molecule has 0 nitrogen and oxygen atoms in total. The summed E-state index contributed by atoms with van der Waals surface area (Å²) in [4.78, 5) is 1.52. The van der Waals surface area contributed by atoms with E-state index < -0.39 is 0 Å². The zero-order valence-corrected chi connectivity index (χ0v) is 8.32. The maximum absolute atomic E-state index is 2.32. The second kappa shape index (κ2) is 3.91. The molecule has 0 bridgehead atoms. The van der Waals surface area contributed by atoms with E-state index in [0.717, 1.165) is 11.8 Å². The molecule has 0 amide bonds. The standard InChI is InChI=1S/C10H16S/c1-8(2)9(3)7-10-5-4-6-11-10/h4-6,8-9H,7H2,1-3H3/t9-/m1/s1. The SMILES string of the molecule is CC(C)[C@H](C)Cc1cccs1. The molecule has 0 aliphatic heterocycles. The summed E-state index contributed by atoms with van der Waals surface area (Å²) in [7, 11) is 0. The Labute approximate surface area is 73.3 Å². The molecule has 0 aromatic carbocycles. The zero-order chi connectivity index (χ0) is 8.27. The molecule has 0 spiro atoms. The fraction of sp³-hybridized carbons (Fsp3) is 0.600. The predicted molar refractivity (Wildman–Crippen MR) is 52.0 cm³/mol. The molecule has 0 aliphatic rings. The maximum Gasteiger partial charge on any atom is 0.00479 e. The second-order valence-corrected chi connectivity index (χ2v) is 4.54. The Balaban J connectivity index is 2.43. The van der Waals surface area contributed by atoms with Crippen LogP contribution in [0.2, 0.25) is 0 Å². The number of hydrogen-bond donors (Lipinski definition) is 0. The van der Waals surface area contributed by atoms with Gasteiger partial charge in [0.15, 0.2) is 0 Å². The van der Waals surface area contributed by atoms with Gasteiger partial charge in [-0.15, -0.1) is 11.3 Å². The van der Waals surface area contributed by atoms with E-state index in [2.05, 4.69) is 38.3 Å². The summed E-state index contributed by atoms with van der Waals surface area (Å²) in [6.07, 6.45) is 1.25.